The minimum absolute atomic E-state index is 0.622. The Morgan fingerprint density at radius 3 is 2.67 bits per heavy atom. The molecule has 0 unspecified atom stereocenters. The van der Waals surface area contributed by atoms with Crippen LogP contribution in [0, 0.1) is 0 Å². The SMILES string of the molecule is CCNC(=S)N(CCCOC)Cc1c(-c2ccccc2)noc1N1CCc2ccccc2C1. The van der Waals surface area contributed by atoms with E-state index < -0.39 is 0 Å². The lowest BCUT2D eigenvalue weighted by Crippen LogP contribution is -2.40. The van der Waals surface area contributed by atoms with Crippen LogP contribution in [-0.4, -0.2) is 48.5 Å². The molecule has 0 aliphatic carbocycles. The summed E-state index contributed by atoms with van der Waals surface area (Å²) >= 11 is 5.72. The Balaban J connectivity index is 1.68. The third-order valence-corrected chi connectivity index (χ3v) is 6.38. The molecule has 1 aliphatic rings. The van der Waals surface area contributed by atoms with Crippen LogP contribution in [0.4, 0.5) is 5.88 Å². The van der Waals surface area contributed by atoms with Crippen molar-refractivity contribution in [2.45, 2.75) is 32.9 Å². The average Bonchev–Trinajstić information content (AvgIpc) is 3.27. The normalized spacial score (nSPS) is 13.0. The summed E-state index contributed by atoms with van der Waals surface area (Å²) in [5, 5.41) is 8.59. The van der Waals surface area contributed by atoms with E-state index in [1.54, 1.807) is 7.11 Å². The van der Waals surface area contributed by atoms with Gasteiger partial charge in [-0.05, 0) is 43.1 Å². The number of hydrogen-bond donors (Lipinski definition) is 1. The molecular formula is C26H32N4O2S. The summed E-state index contributed by atoms with van der Waals surface area (Å²) in [7, 11) is 1.73. The standard InChI is InChI=1S/C26H32N4O2S/c1-3-27-26(33)30(15-9-17-31-2)19-23-24(21-11-5-4-6-12-21)28-32-25(23)29-16-14-20-10-7-8-13-22(20)18-29/h4-8,10-13H,3,9,14-19H2,1-2H3,(H,27,33). The van der Waals surface area contributed by atoms with Gasteiger partial charge >= 0.3 is 0 Å². The monoisotopic (exact) mass is 464 g/mol. The lowest BCUT2D eigenvalue weighted by molar-refractivity contribution is 0.185. The van der Waals surface area contributed by atoms with E-state index in [0.717, 1.165) is 66.8 Å². The Kier molecular flexibility index (Phi) is 7.96. The molecule has 0 saturated carbocycles. The lowest BCUT2D eigenvalue weighted by Gasteiger charge is -2.30. The fourth-order valence-corrected chi connectivity index (χ4v) is 4.59. The van der Waals surface area contributed by atoms with Gasteiger partial charge in [0.25, 0.3) is 0 Å². The van der Waals surface area contributed by atoms with E-state index in [9.17, 15) is 0 Å². The smallest absolute Gasteiger partial charge is 0.233 e. The Hall–Kier alpha value is -2.90. The number of methoxy groups -OCH3 is 1. The predicted octanol–water partition coefficient (Wildman–Crippen LogP) is 4.64. The van der Waals surface area contributed by atoms with Crippen LogP contribution in [0.5, 0.6) is 0 Å². The molecular weight excluding hydrogens is 432 g/mol. The maximum atomic E-state index is 6.03. The summed E-state index contributed by atoms with van der Waals surface area (Å²) in [6.07, 6.45) is 1.88. The molecule has 4 rings (SSSR count). The van der Waals surface area contributed by atoms with E-state index in [0.29, 0.717) is 13.2 Å². The van der Waals surface area contributed by atoms with Gasteiger partial charge in [-0.1, -0.05) is 59.8 Å². The second kappa shape index (κ2) is 11.3. The molecule has 7 heteroatoms. The average molecular weight is 465 g/mol. The molecule has 0 spiro atoms. The van der Waals surface area contributed by atoms with Crippen LogP contribution in [0.15, 0.2) is 59.1 Å². The van der Waals surface area contributed by atoms with Crippen LogP contribution in [0.2, 0.25) is 0 Å². The second-order valence-electron chi connectivity index (χ2n) is 8.22. The molecule has 0 bridgehead atoms. The van der Waals surface area contributed by atoms with E-state index in [2.05, 4.69) is 63.6 Å². The van der Waals surface area contributed by atoms with Crippen molar-refractivity contribution in [2.24, 2.45) is 0 Å². The van der Waals surface area contributed by atoms with Crippen molar-refractivity contribution < 1.29 is 9.26 Å². The highest BCUT2D eigenvalue weighted by atomic mass is 32.1. The van der Waals surface area contributed by atoms with Crippen molar-refractivity contribution in [2.75, 3.05) is 38.3 Å². The van der Waals surface area contributed by atoms with Crippen LogP contribution >= 0.6 is 12.2 Å². The van der Waals surface area contributed by atoms with Gasteiger partial charge in [-0.3, -0.25) is 0 Å². The van der Waals surface area contributed by atoms with Crippen LogP contribution in [0.3, 0.4) is 0 Å². The summed E-state index contributed by atoms with van der Waals surface area (Å²) < 4.78 is 11.3. The van der Waals surface area contributed by atoms with Crippen molar-refractivity contribution in [1.29, 1.82) is 0 Å². The van der Waals surface area contributed by atoms with E-state index in [1.807, 2.05) is 18.2 Å². The fraction of sp³-hybridized carbons (Fsp3) is 0.385. The van der Waals surface area contributed by atoms with Crippen LogP contribution in [0.1, 0.15) is 30.0 Å². The highest BCUT2D eigenvalue weighted by molar-refractivity contribution is 7.80. The van der Waals surface area contributed by atoms with Crippen LogP contribution < -0.4 is 10.2 Å². The molecule has 6 nitrogen and oxygen atoms in total. The predicted molar refractivity (Wildman–Crippen MR) is 136 cm³/mol. The Labute approximate surface area is 201 Å². The highest BCUT2D eigenvalue weighted by Crippen LogP contribution is 2.35. The van der Waals surface area contributed by atoms with Crippen LogP contribution in [0.25, 0.3) is 11.3 Å². The third kappa shape index (κ3) is 5.54. The maximum absolute atomic E-state index is 6.03. The van der Waals surface area contributed by atoms with Gasteiger partial charge in [0.1, 0.15) is 5.69 Å². The molecule has 0 radical (unpaired) electrons. The Morgan fingerprint density at radius 2 is 1.91 bits per heavy atom. The number of ether oxygens (including phenoxy) is 1. The first kappa shape index (κ1) is 23.3. The molecule has 1 N–H and O–H groups in total. The first-order chi connectivity index (χ1) is 16.2. The van der Waals surface area contributed by atoms with E-state index in [1.165, 1.54) is 11.1 Å². The van der Waals surface area contributed by atoms with Crippen molar-refractivity contribution in [3.63, 3.8) is 0 Å². The Bertz CT molecular complexity index is 1050. The zero-order valence-electron chi connectivity index (χ0n) is 19.4. The molecule has 0 fully saturated rings. The van der Waals surface area contributed by atoms with E-state index in [-0.39, 0.29) is 0 Å². The molecule has 33 heavy (non-hydrogen) atoms. The van der Waals surface area contributed by atoms with E-state index in [4.69, 9.17) is 21.5 Å². The van der Waals surface area contributed by atoms with Gasteiger partial charge in [-0.25, -0.2) is 0 Å². The maximum Gasteiger partial charge on any atom is 0.233 e. The number of nitrogens with zero attached hydrogens (tertiary/aromatic N) is 3. The molecule has 2 aromatic carbocycles. The molecule has 0 saturated heterocycles. The number of thiocarbonyl (C=S) groups is 1. The van der Waals surface area contributed by atoms with Gasteiger partial charge in [0.2, 0.25) is 5.88 Å². The molecule has 1 aromatic heterocycles. The number of hydrogen-bond acceptors (Lipinski definition) is 5. The molecule has 3 aromatic rings. The van der Waals surface area contributed by atoms with Crippen molar-refractivity contribution >= 4 is 23.2 Å². The number of aromatic nitrogens is 1. The summed E-state index contributed by atoms with van der Waals surface area (Å²) in [5.41, 5.74) is 5.74. The molecule has 0 amide bonds. The topological polar surface area (TPSA) is 53.8 Å². The molecule has 174 valence electrons. The Morgan fingerprint density at radius 1 is 1.15 bits per heavy atom. The van der Waals surface area contributed by atoms with Gasteiger partial charge in [-0.15, -0.1) is 0 Å². The summed E-state index contributed by atoms with van der Waals surface area (Å²) in [6.45, 7) is 6.66. The van der Waals surface area contributed by atoms with Crippen molar-refractivity contribution in [1.82, 2.24) is 15.4 Å². The first-order valence-electron chi connectivity index (χ1n) is 11.6. The first-order valence-corrected chi connectivity index (χ1v) is 12.0. The van der Waals surface area contributed by atoms with Gasteiger partial charge < -0.3 is 24.4 Å². The van der Waals surface area contributed by atoms with Gasteiger partial charge in [0, 0.05) is 45.5 Å². The molecule has 0 atom stereocenters. The van der Waals surface area contributed by atoms with Crippen molar-refractivity contribution in [3.05, 3.63) is 71.3 Å². The number of rotatable bonds is 9. The number of nitrogens with one attached hydrogen (secondary N) is 1. The van der Waals surface area contributed by atoms with Crippen molar-refractivity contribution in [3.8, 4) is 11.3 Å². The zero-order chi connectivity index (χ0) is 23.0. The lowest BCUT2D eigenvalue weighted by atomic mass is 9.99. The summed E-state index contributed by atoms with van der Waals surface area (Å²) in [4.78, 5) is 4.50. The van der Waals surface area contributed by atoms with Gasteiger partial charge in [-0.2, -0.15) is 0 Å². The minimum atomic E-state index is 0.622. The highest BCUT2D eigenvalue weighted by Gasteiger charge is 2.27. The van der Waals surface area contributed by atoms with Crippen LogP contribution in [-0.2, 0) is 24.2 Å². The van der Waals surface area contributed by atoms with Gasteiger partial charge in [0.15, 0.2) is 5.11 Å². The quantitative estimate of drug-likeness (QED) is 0.366. The number of anilines is 1. The zero-order valence-corrected chi connectivity index (χ0v) is 20.2. The molecule has 2 heterocycles. The third-order valence-electron chi connectivity index (χ3n) is 5.97. The second-order valence-corrected chi connectivity index (χ2v) is 8.61. The number of fused-ring (bicyclic) bond motifs is 1. The summed E-state index contributed by atoms with van der Waals surface area (Å²) in [5.74, 6) is 0.833. The summed E-state index contributed by atoms with van der Waals surface area (Å²) in [6, 6.07) is 18.9. The van der Waals surface area contributed by atoms with Gasteiger partial charge in [0.05, 0.1) is 12.1 Å². The fourth-order valence-electron chi connectivity index (χ4n) is 4.29. The van der Waals surface area contributed by atoms with E-state index >= 15 is 0 Å². The number of benzene rings is 2. The minimum Gasteiger partial charge on any atom is -0.385 e. The molecule has 1 aliphatic heterocycles. The largest absolute Gasteiger partial charge is 0.385 e.